The van der Waals surface area contributed by atoms with Gasteiger partial charge in [0.25, 0.3) is 0 Å². The SMILES string of the molecule is O=C(Cc1cccnc1)c1cc2c(s1)CCCC2. The third-order valence-corrected chi connectivity index (χ3v) is 4.64. The van der Waals surface area contributed by atoms with E-state index in [9.17, 15) is 4.79 Å². The second-order valence-electron chi connectivity index (χ2n) is 4.73. The van der Waals surface area contributed by atoms with Gasteiger partial charge in [0.2, 0.25) is 0 Å². The predicted molar refractivity (Wildman–Crippen MR) is 73.2 cm³/mol. The summed E-state index contributed by atoms with van der Waals surface area (Å²) in [5, 5.41) is 0. The average molecular weight is 257 g/mol. The molecule has 3 heteroatoms. The number of ketones is 1. The lowest BCUT2D eigenvalue weighted by molar-refractivity contribution is 0.0996. The molecule has 0 aromatic carbocycles. The number of Topliss-reactive ketones (excluding diaryl/α,β-unsaturated/α-hetero) is 1. The van der Waals surface area contributed by atoms with Crippen LogP contribution in [0.4, 0.5) is 0 Å². The van der Waals surface area contributed by atoms with Gasteiger partial charge in [-0.3, -0.25) is 9.78 Å². The van der Waals surface area contributed by atoms with Crippen molar-refractivity contribution in [2.45, 2.75) is 32.1 Å². The molecule has 3 rings (SSSR count). The number of aryl methyl sites for hydroxylation is 2. The van der Waals surface area contributed by atoms with Crippen LogP contribution in [0.25, 0.3) is 0 Å². The largest absolute Gasteiger partial charge is 0.293 e. The standard InChI is InChI=1S/C15H15NOS/c17-13(8-11-4-3-7-16-10-11)15-9-12-5-1-2-6-14(12)18-15/h3-4,7,9-10H,1-2,5-6,8H2. The Morgan fingerprint density at radius 3 is 3.00 bits per heavy atom. The highest BCUT2D eigenvalue weighted by molar-refractivity contribution is 7.14. The van der Waals surface area contributed by atoms with Gasteiger partial charge in [-0.05, 0) is 48.9 Å². The summed E-state index contributed by atoms with van der Waals surface area (Å²) in [7, 11) is 0. The van der Waals surface area contributed by atoms with Gasteiger partial charge in [-0.25, -0.2) is 0 Å². The molecule has 2 aromatic rings. The van der Waals surface area contributed by atoms with Gasteiger partial charge in [0, 0.05) is 23.7 Å². The van der Waals surface area contributed by atoms with Crippen LogP contribution in [0.2, 0.25) is 0 Å². The maximum Gasteiger partial charge on any atom is 0.177 e. The Hall–Kier alpha value is -1.48. The molecule has 1 aliphatic rings. The third kappa shape index (κ3) is 2.36. The highest BCUT2D eigenvalue weighted by Crippen LogP contribution is 2.30. The smallest absolute Gasteiger partial charge is 0.177 e. The molecular weight excluding hydrogens is 242 g/mol. The van der Waals surface area contributed by atoms with Crippen LogP contribution in [0.15, 0.2) is 30.6 Å². The van der Waals surface area contributed by atoms with Gasteiger partial charge in [0.05, 0.1) is 4.88 Å². The minimum atomic E-state index is 0.224. The van der Waals surface area contributed by atoms with Crippen LogP contribution in [-0.4, -0.2) is 10.8 Å². The highest BCUT2D eigenvalue weighted by atomic mass is 32.1. The third-order valence-electron chi connectivity index (χ3n) is 3.36. The lowest BCUT2D eigenvalue weighted by atomic mass is 9.99. The minimum absolute atomic E-state index is 0.224. The topological polar surface area (TPSA) is 30.0 Å². The Morgan fingerprint density at radius 1 is 1.33 bits per heavy atom. The summed E-state index contributed by atoms with van der Waals surface area (Å²) in [6, 6.07) is 5.94. The van der Waals surface area contributed by atoms with E-state index in [1.807, 2.05) is 12.1 Å². The van der Waals surface area contributed by atoms with E-state index in [1.165, 1.54) is 23.3 Å². The van der Waals surface area contributed by atoms with Crippen molar-refractivity contribution in [2.75, 3.05) is 0 Å². The zero-order chi connectivity index (χ0) is 12.4. The second kappa shape index (κ2) is 5.02. The lowest BCUT2D eigenvalue weighted by Crippen LogP contribution is -2.01. The zero-order valence-corrected chi connectivity index (χ0v) is 11.0. The van der Waals surface area contributed by atoms with E-state index < -0.39 is 0 Å². The van der Waals surface area contributed by atoms with Gasteiger partial charge in [-0.1, -0.05) is 6.07 Å². The number of hydrogen-bond acceptors (Lipinski definition) is 3. The molecule has 0 N–H and O–H groups in total. The summed E-state index contributed by atoms with van der Waals surface area (Å²) >= 11 is 1.69. The molecule has 92 valence electrons. The fraction of sp³-hybridized carbons (Fsp3) is 0.333. The first kappa shape index (κ1) is 11.6. The van der Waals surface area contributed by atoms with Crippen LogP contribution in [0.1, 0.15) is 38.5 Å². The summed E-state index contributed by atoms with van der Waals surface area (Å²) in [5.74, 6) is 0.224. The molecule has 2 nitrogen and oxygen atoms in total. The monoisotopic (exact) mass is 257 g/mol. The molecule has 18 heavy (non-hydrogen) atoms. The Kier molecular flexibility index (Phi) is 3.24. The quantitative estimate of drug-likeness (QED) is 0.788. The van der Waals surface area contributed by atoms with Crippen molar-refractivity contribution in [3.05, 3.63) is 51.5 Å². The molecule has 0 unspecified atom stereocenters. The van der Waals surface area contributed by atoms with Crippen molar-refractivity contribution in [2.24, 2.45) is 0 Å². The number of fused-ring (bicyclic) bond motifs is 1. The lowest BCUT2D eigenvalue weighted by Gasteiger charge is -2.08. The van der Waals surface area contributed by atoms with Crippen molar-refractivity contribution in [3.8, 4) is 0 Å². The van der Waals surface area contributed by atoms with Crippen LogP contribution in [-0.2, 0) is 19.3 Å². The molecule has 2 heterocycles. The molecule has 0 aliphatic heterocycles. The van der Waals surface area contributed by atoms with Crippen molar-refractivity contribution in [3.63, 3.8) is 0 Å². The van der Waals surface area contributed by atoms with E-state index in [0.717, 1.165) is 23.3 Å². The maximum atomic E-state index is 12.2. The summed E-state index contributed by atoms with van der Waals surface area (Å²) in [6.45, 7) is 0. The Labute approximate surface area is 111 Å². The molecule has 0 saturated carbocycles. The Morgan fingerprint density at radius 2 is 2.22 bits per heavy atom. The summed E-state index contributed by atoms with van der Waals surface area (Å²) in [6.07, 6.45) is 8.80. The first-order chi connectivity index (χ1) is 8.83. The molecule has 1 aliphatic carbocycles. The van der Waals surface area contributed by atoms with Gasteiger partial charge in [0.1, 0.15) is 0 Å². The maximum absolute atomic E-state index is 12.2. The molecule has 0 spiro atoms. The van der Waals surface area contributed by atoms with Crippen LogP contribution in [0, 0.1) is 0 Å². The summed E-state index contributed by atoms with van der Waals surface area (Å²) in [5.41, 5.74) is 2.40. The molecule has 0 bridgehead atoms. The molecule has 0 saturated heterocycles. The number of hydrogen-bond donors (Lipinski definition) is 0. The van der Waals surface area contributed by atoms with Crippen molar-refractivity contribution in [1.82, 2.24) is 4.98 Å². The minimum Gasteiger partial charge on any atom is -0.293 e. The number of nitrogens with zero attached hydrogens (tertiary/aromatic N) is 1. The van der Waals surface area contributed by atoms with Crippen molar-refractivity contribution < 1.29 is 4.79 Å². The molecule has 0 amide bonds. The van der Waals surface area contributed by atoms with Gasteiger partial charge >= 0.3 is 0 Å². The van der Waals surface area contributed by atoms with Crippen LogP contribution < -0.4 is 0 Å². The molecule has 0 radical (unpaired) electrons. The van der Waals surface area contributed by atoms with Gasteiger partial charge < -0.3 is 0 Å². The number of rotatable bonds is 3. The fourth-order valence-corrected chi connectivity index (χ4v) is 3.59. The summed E-state index contributed by atoms with van der Waals surface area (Å²) < 4.78 is 0. The van der Waals surface area contributed by atoms with E-state index in [4.69, 9.17) is 0 Å². The zero-order valence-electron chi connectivity index (χ0n) is 10.2. The van der Waals surface area contributed by atoms with Gasteiger partial charge in [-0.15, -0.1) is 11.3 Å². The van der Waals surface area contributed by atoms with Crippen LogP contribution in [0.3, 0.4) is 0 Å². The number of aromatic nitrogens is 1. The number of pyridine rings is 1. The Bertz CT molecular complexity index is 536. The number of thiophene rings is 1. The fourth-order valence-electron chi connectivity index (χ4n) is 2.40. The molecule has 2 aromatic heterocycles. The molecule has 0 fully saturated rings. The second-order valence-corrected chi connectivity index (χ2v) is 5.86. The first-order valence-electron chi connectivity index (χ1n) is 6.36. The van der Waals surface area contributed by atoms with Crippen LogP contribution in [0.5, 0.6) is 0 Å². The predicted octanol–water partition coefficient (Wildman–Crippen LogP) is 3.45. The van der Waals surface area contributed by atoms with E-state index in [0.29, 0.717) is 6.42 Å². The van der Waals surface area contributed by atoms with E-state index in [1.54, 1.807) is 23.7 Å². The van der Waals surface area contributed by atoms with Crippen molar-refractivity contribution >= 4 is 17.1 Å². The van der Waals surface area contributed by atoms with Gasteiger partial charge in [0.15, 0.2) is 5.78 Å². The van der Waals surface area contributed by atoms with Gasteiger partial charge in [-0.2, -0.15) is 0 Å². The number of carbonyl (C=O) groups is 1. The van der Waals surface area contributed by atoms with E-state index >= 15 is 0 Å². The normalized spacial score (nSPS) is 14.2. The van der Waals surface area contributed by atoms with E-state index in [-0.39, 0.29) is 5.78 Å². The van der Waals surface area contributed by atoms with Crippen molar-refractivity contribution in [1.29, 1.82) is 0 Å². The van der Waals surface area contributed by atoms with Crippen LogP contribution >= 0.6 is 11.3 Å². The number of carbonyl (C=O) groups excluding carboxylic acids is 1. The molecule has 0 atom stereocenters. The Balaban J connectivity index is 1.78. The first-order valence-corrected chi connectivity index (χ1v) is 7.18. The average Bonchev–Trinajstić information content (AvgIpc) is 2.84. The van der Waals surface area contributed by atoms with E-state index in [2.05, 4.69) is 11.1 Å². The summed E-state index contributed by atoms with van der Waals surface area (Å²) in [4.78, 5) is 18.6. The molecular formula is C15H15NOS. The highest BCUT2D eigenvalue weighted by Gasteiger charge is 2.17.